The number of rotatable bonds is 3. The van der Waals surface area contributed by atoms with Gasteiger partial charge in [-0.15, -0.1) is 0 Å². The summed E-state index contributed by atoms with van der Waals surface area (Å²) in [6, 6.07) is 4.85. The lowest BCUT2D eigenvalue weighted by Gasteiger charge is -2.18. The molecule has 1 unspecified atom stereocenters. The number of hydrogen-bond donors (Lipinski definition) is 0. The van der Waals surface area contributed by atoms with E-state index in [1.165, 1.54) is 23.4 Å². The maximum absolute atomic E-state index is 13.4. The van der Waals surface area contributed by atoms with E-state index in [0.29, 0.717) is 12.0 Å². The van der Waals surface area contributed by atoms with Gasteiger partial charge in [-0.3, -0.25) is 9.79 Å². The monoisotopic (exact) mass is 363 g/mol. The van der Waals surface area contributed by atoms with E-state index < -0.39 is 17.9 Å². The predicted octanol–water partition coefficient (Wildman–Crippen LogP) is 2.60. The fourth-order valence-corrected chi connectivity index (χ4v) is 2.55. The molecule has 1 atom stereocenters. The van der Waals surface area contributed by atoms with Gasteiger partial charge >= 0.3 is 6.18 Å². The largest absolute Gasteiger partial charge is 0.433 e. The Balaban J connectivity index is 2.04. The zero-order valence-corrected chi connectivity index (χ0v) is 14.1. The first-order chi connectivity index (χ1) is 12.3. The molecule has 26 heavy (non-hydrogen) atoms. The van der Waals surface area contributed by atoms with E-state index in [9.17, 15) is 18.0 Å². The van der Waals surface area contributed by atoms with Gasteiger partial charge in [0, 0.05) is 32.9 Å². The number of carbonyl (C=O) groups excluding carboxylic acids is 1. The molecule has 3 heterocycles. The van der Waals surface area contributed by atoms with E-state index in [4.69, 9.17) is 0 Å². The van der Waals surface area contributed by atoms with Crippen molar-refractivity contribution < 1.29 is 18.0 Å². The first-order valence-electron chi connectivity index (χ1n) is 7.80. The van der Waals surface area contributed by atoms with Crippen LogP contribution >= 0.6 is 0 Å². The Morgan fingerprint density at radius 3 is 2.69 bits per heavy atom. The Morgan fingerprint density at radius 2 is 2.08 bits per heavy atom. The van der Waals surface area contributed by atoms with Crippen molar-refractivity contribution in [2.45, 2.75) is 18.6 Å². The van der Waals surface area contributed by atoms with Gasteiger partial charge in [-0.25, -0.2) is 9.67 Å². The molecule has 2 aromatic heterocycles. The van der Waals surface area contributed by atoms with Crippen molar-refractivity contribution in [3.8, 4) is 5.82 Å². The lowest BCUT2D eigenvalue weighted by molar-refractivity contribution is -0.142. The minimum Gasteiger partial charge on any atom is -0.347 e. The Kier molecular flexibility index (Phi) is 4.62. The number of pyridine rings is 1. The SMILES string of the molecule is CN(C)C(=O)C1C=C(c2cc(C(F)(F)F)n(-c3ccccn3)n2)CC=N1. The zero-order chi connectivity index (χ0) is 18.9. The van der Waals surface area contributed by atoms with Crippen LogP contribution in [-0.2, 0) is 11.0 Å². The summed E-state index contributed by atoms with van der Waals surface area (Å²) in [5.41, 5.74) is -0.267. The quantitative estimate of drug-likeness (QED) is 0.842. The van der Waals surface area contributed by atoms with E-state index in [1.54, 1.807) is 32.3 Å². The van der Waals surface area contributed by atoms with Crippen molar-refractivity contribution in [3.05, 3.63) is 47.9 Å². The molecule has 0 saturated heterocycles. The standard InChI is InChI=1S/C17H16F3N5O/c1-24(2)16(26)13-9-11(6-8-21-13)12-10-14(17(18,19)20)25(23-12)15-5-3-4-7-22-15/h3-5,7-10,13H,6H2,1-2H3. The number of carbonyl (C=O) groups is 1. The first kappa shape index (κ1) is 17.8. The van der Waals surface area contributed by atoms with Crippen LogP contribution in [0.2, 0.25) is 0 Å². The topological polar surface area (TPSA) is 63.4 Å². The van der Waals surface area contributed by atoms with Gasteiger partial charge in [0.2, 0.25) is 0 Å². The highest BCUT2D eigenvalue weighted by Crippen LogP contribution is 2.33. The lowest BCUT2D eigenvalue weighted by Crippen LogP contribution is -2.32. The van der Waals surface area contributed by atoms with Gasteiger partial charge in [-0.2, -0.15) is 18.3 Å². The van der Waals surface area contributed by atoms with E-state index in [0.717, 1.165) is 10.7 Å². The molecule has 0 aromatic carbocycles. The molecule has 1 aliphatic heterocycles. The molecule has 0 bridgehead atoms. The van der Waals surface area contributed by atoms with Crippen LogP contribution in [0, 0.1) is 0 Å². The van der Waals surface area contributed by atoms with Gasteiger partial charge in [0.05, 0.1) is 5.69 Å². The molecular weight excluding hydrogens is 347 g/mol. The summed E-state index contributed by atoms with van der Waals surface area (Å²) in [4.78, 5) is 21.5. The first-order valence-corrected chi connectivity index (χ1v) is 7.80. The summed E-state index contributed by atoms with van der Waals surface area (Å²) >= 11 is 0. The smallest absolute Gasteiger partial charge is 0.347 e. The highest BCUT2D eigenvalue weighted by atomic mass is 19.4. The predicted molar refractivity (Wildman–Crippen MR) is 89.9 cm³/mol. The van der Waals surface area contributed by atoms with Gasteiger partial charge in [0.1, 0.15) is 6.04 Å². The summed E-state index contributed by atoms with van der Waals surface area (Å²) < 4.78 is 41.1. The Morgan fingerprint density at radius 1 is 1.31 bits per heavy atom. The minimum absolute atomic E-state index is 0.0667. The van der Waals surface area contributed by atoms with Crippen molar-refractivity contribution in [1.82, 2.24) is 19.7 Å². The van der Waals surface area contributed by atoms with Crippen molar-refractivity contribution in [1.29, 1.82) is 0 Å². The molecule has 1 aliphatic rings. The van der Waals surface area contributed by atoms with Crippen LogP contribution in [0.5, 0.6) is 0 Å². The molecule has 0 saturated carbocycles. The normalized spacial score (nSPS) is 17.1. The average molecular weight is 363 g/mol. The van der Waals surface area contributed by atoms with Crippen LogP contribution in [0.4, 0.5) is 13.2 Å². The number of allylic oxidation sites excluding steroid dienone is 1. The maximum atomic E-state index is 13.4. The number of alkyl halides is 3. The average Bonchev–Trinajstić information content (AvgIpc) is 3.08. The summed E-state index contributed by atoms with van der Waals surface area (Å²) in [7, 11) is 3.19. The molecule has 1 amide bonds. The van der Waals surface area contributed by atoms with Crippen LogP contribution in [0.15, 0.2) is 41.5 Å². The maximum Gasteiger partial charge on any atom is 0.433 e. The van der Waals surface area contributed by atoms with Crippen molar-refractivity contribution in [3.63, 3.8) is 0 Å². The lowest BCUT2D eigenvalue weighted by atomic mass is 10.0. The second kappa shape index (κ2) is 6.74. The molecule has 3 rings (SSSR count). The number of aliphatic imine (C=N–C) groups is 1. The van der Waals surface area contributed by atoms with Crippen LogP contribution in [0.3, 0.4) is 0 Å². The molecule has 136 valence electrons. The summed E-state index contributed by atoms with van der Waals surface area (Å²) in [6.07, 6.45) is 0.176. The van der Waals surface area contributed by atoms with Gasteiger partial charge < -0.3 is 4.90 Å². The van der Waals surface area contributed by atoms with Gasteiger partial charge in [-0.05, 0) is 29.8 Å². The number of amides is 1. The molecule has 2 aromatic rings. The molecular formula is C17H16F3N5O. The molecule has 9 heteroatoms. The third kappa shape index (κ3) is 3.51. The van der Waals surface area contributed by atoms with Crippen LogP contribution in [0.1, 0.15) is 17.8 Å². The summed E-state index contributed by atoms with van der Waals surface area (Å²) in [6.45, 7) is 0. The number of likely N-dealkylation sites (N-methyl/N-ethyl adjacent to an activating group) is 1. The number of halogens is 3. The molecule has 0 aliphatic carbocycles. The van der Waals surface area contributed by atoms with E-state index in [-0.39, 0.29) is 17.4 Å². The van der Waals surface area contributed by atoms with Crippen LogP contribution in [-0.4, -0.2) is 51.9 Å². The Hall–Kier alpha value is -2.97. The fourth-order valence-electron chi connectivity index (χ4n) is 2.55. The second-order valence-electron chi connectivity index (χ2n) is 5.92. The van der Waals surface area contributed by atoms with E-state index in [2.05, 4.69) is 15.1 Å². The highest BCUT2D eigenvalue weighted by molar-refractivity contribution is 5.91. The van der Waals surface area contributed by atoms with Gasteiger partial charge in [0.15, 0.2) is 11.5 Å². The third-order valence-electron chi connectivity index (χ3n) is 3.83. The van der Waals surface area contributed by atoms with Crippen LogP contribution in [0.25, 0.3) is 11.4 Å². The zero-order valence-electron chi connectivity index (χ0n) is 14.1. The third-order valence-corrected chi connectivity index (χ3v) is 3.83. The molecule has 0 spiro atoms. The summed E-state index contributed by atoms with van der Waals surface area (Å²) in [5.74, 6) is -0.185. The highest BCUT2D eigenvalue weighted by Gasteiger charge is 2.37. The molecule has 0 N–H and O–H groups in total. The summed E-state index contributed by atoms with van der Waals surface area (Å²) in [5, 5.41) is 4.09. The van der Waals surface area contributed by atoms with E-state index in [1.807, 2.05) is 0 Å². The fraction of sp³-hybridized carbons (Fsp3) is 0.294. The van der Waals surface area contributed by atoms with Crippen molar-refractivity contribution in [2.24, 2.45) is 4.99 Å². The Labute approximate surface area is 147 Å². The molecule has 6 nitrogen and oxygen atoms in total. The number of dihydropyridines is 1. The van der Waals surface area contributed by atoms with Crippen molar-refractivity contribution >= 4 is 17.7 Å². The molecule has 0 fully saturated rings. The van der Waals surface area contributed by atoms with E-state index >= 15 is 0 Å². The molecule has 0 radical (unpaired) electrons. The van der Waals surface area contributed by atoms with Gasteiger partial charge in [-0.1, -0.05) is 6.07 Å². The second-order valence-corrected chi connectivity index (χ2v) is 5.92. The number of hydrogen-bond acceptors (Lipinski definition) is 4. The Bertz CT molecular complexity index is 868. The van der Waals surface area contributed by atoms with Crippen molar-refractivity contribution in [2.75, 3.05) is 14.1 Å². The number of aromatic nitrogens is 3. The van der Waals surface area contributed by atoms with Crippen LogP contribution < -0.4 is 0 Å². The van der Waals surface area contributed by atoms with Gasteiger partial charge in [0.25, 0.3) is 5.91 Å². The number of nitrogens with zero attached hydrogens (tertiary/aromatic N) is 5. The minimum atomic E-state index is -4.59.